The van der Waals surface area contributed by atoms with Crippen LogP contribution in [0.25, 0.3) is 0 Å². The third kappa shape index (κ3) is 3.98. The molecule has 20 heavy (non-hydrogen) atoms. The zero-order valence-corrected chi connectivity index (χ0v) is 12.8. The zero-order chi connectivity index (χ0) is 15.1. The lowest BCUT2D eigenvalue weighted by Crippen LogP contribution is -2.46. The first kappa shape index (κ1) is 16.0. The van der Waals surface area contributed by atoms with Crippen molar-refractivity contribution in [3.63, 3.8) is 0 Å². The second-order valence-electron chi connectivity index (χ2n) is 4.54. The Hall–Kier alpha value is -2.04. The molecule has 1 saturated heterocycles. The maximum atomic E-state index is 12.0. The number of guanidine groups is 1. The predicted octanol–water partition coefficient (Wildman–Crippen LogP) is 2.06. The molecule has 1 heterocycles. The maximum Gasteiger partial charge on any atom is 0.280 e. The summed E-state index contributed by atoms with van der Waals surface area (Å²) in [6, 6.07) is 6.82. The third-order valence-electron chi connectivity index (χ3n) is 3.03. The smallest absolute Gasteiger partial charge is 0.280 e. The molecule has 0 bridgehead atoms. The van der Waals surface area contributed by atoms with Gasteiger partial charge in [0.05, 0.1) is 0 Å². The fourth-order valence-electron chi connectivity index (χ4n) is 1.99. The molecule has 1 aliphatic heterocycles. The lowest BCUT2D eigenvalue weighted by Gasteiger charge is -2.34. The summed E-state index contributed by atoms with van der Waals surface area (Å²) in [6.07, 6.45) is 1.09. The number of amides is 1. The van der Waals surface area contributed by atoms with Gasteiger partial charge < -0.3 is 15.5 Å². The number of aliphatic imine (C=N–C) groups is 1. The Bertz CT molecular complexity index is 455. The van der Waals surface area contributed by atoms with E-state index < -0.39 is 0 Å². The molecular formula is C15H24N4O. The van der Waals surface area contributed by atoms with Crippen molar-refractivity contribution in [2.24, 2.45) is 4.99 Å². The van der Waals surface area contributed by atoms with Crippen molar-refractivity contribution in [2.45, 2.75) is 20.3 Å². The molecule has 0 unspecified atom stereocenters. The summed E-state index contributed by atoms with van der Waals surface area (Å²) >= 11 is 0. The zero-order valence-electron chi connectivity index (χ0n) is 12.8. The molecule has 1 amide bonds. The van der Waals surface area contributed by atoms with Gasteiger partial charge in [-0.1, -0.05) is 13.8 Å². The van der Waals surface area contributed by atoms with Crippen LogP contribution in [-0.4, -0.2) is 48.9 Å². The van der Waals surface area contributed by atoms with E-state index >= 15 is 0 Å². The van der Waals surface area contributed by atoms with Gasteiger partial charge in [0, 0.05) is 38.4 Å². The number of benzene rings is 1. The van der Waals surface area contributed by atoms with Crippen LogP contribution in [0.1, 0.15) is 30.6 Å². The summed E-state index contributed by atoms with van der Waals surface area (Å²) < 4.78 is 0. The monoisotopic (exact) mass is 276 g/mol. The minimum atomic E-state index is -0.231. The van der Waals surface area contributed by atoms with Crippen LogP contribution in [0.3, 0.4) is 0 Å². The van der Waals surface area contributed by atoms with Gasteiger partial charge in [0.2, 0.25) is 5.96 Å². The molecule has 0 radical (unpaired) electrons. The highest BCUT2D eigenvalue weighted by Gasteiger charge is 2.19. The number of rotatable bonds is 1. The Labute approximate surface area is 121 Å². The fourth-order valence-corrected chi connectivity index (χ4v) is 1.99. The number of hydrogen-bond acceptors (Lipinski definition) is 2. The van der Waals surface area contributed by atoms with Crippen molar-refractivity contribution in [1.82, 2.24) is 9.80 Å². The van der Waals surface area contributed by atoms with Gasteiger partial charge in [-0.15, -0.1) is 0 Å². The van der Waals surface area contributed by atoms with Gasteiger partial charge in [-0.2, -0.15) is 4.99 Å². The minimum absolute atomic E-state index is 0.231. The standard InChI is InChI=1S/C13H18N4O.C2H6/c1-16-8-3-9-17(2)13(16)15-12(18)10-4-6-11(14)7-5-10;1-2/h4-7H,3,8-9,14H2,1-2H3;1-2H3. The van der Waals surface area contributed by atoms with Gasteiger partial charge in [0.1, 0.15) is 0 Å². The Kier molecular flexibility index (Phi) is 6.03. The van der Waals surface area contributed by atoms with E-state index in [1.807, 2.05) is 37.7 Å². The first-order chi connectivity index (χ1) is 9.58. The van der Waals surface area contributed by atoms with Crippen molar-refractivity contribution in [1.29, 1.82) is 0 Å². The van der Waals surface area contributed by atoms with Gasteiger partial charge in [0.15, 0.2) is 0 Å². The van der Waals surface area contributed by atoms with Gasteiger partial charge >= 0.3 is 0 Å². The van der Waals surface area contributed by atoms with E-state index in [9.17, 15) is 4.79 Å². The average Bonchev–Trinajstić information content (AvgIpc) is 2.46. The number of anilines is 1. The molecule has 2 rings (SSSR count). The molecule has 1 aromatic rings. The Balaban J connectivity index is 0.000000956. The van der Waals surface area contributed by atoms with Crippen LogP contribution in [0.2, 0.25) is 0 Å². The summed E-state index contributed by atoms with van der Waals surface area (Å²) in [4.78, 5) is 20.2. The third-order valence-corrected chi connectivity index (χ3v) is 3.03. The van der Waals surface area contributed by atoms with Crippen LogP contribution in [0.4, 0.5) is 5.69 Å². The number of carbonyl (C=O) groups excluding carboxylic acids is 1. The van der Waals surface area contributed by atoms with Crippen molar-refractivity contribution >= 4 is 17.6 Å². The van der Waals surface area contributed by atoms with E-state index in [0.29, 0.717) is 11.3 Å². The van der Waals surface area contributed by atoms with Crippen LogP contribution >= 0.6 is 0 Å². The molecule has 0 aromatic heterocycles. The second-order valence-corrected chi connectivity index (χ2v) is 4.54. The highest BCUT2D eigenvalue weighted by atomic mass is 16.1. The number of nitrogens with zero attached hydrogens (tertiary/aromatic N) is 3. The SMILES string of the molecule is CC.CN1CCCN(C)C1=NC(=O)c1ccc(N)cc1. The lowest BCUT2D eigenvalue weighted by molar-refractivity contribution is 0.0998. The molecule has 5 nitrogen and oxygen atoms in total. The number of hydrogen-bond donors (Lipinski definition) is 1. The fraction of sp³-hybridized carbons (Fsp3) is 0.467. The van der Waals surface area contributed by atoms with Crippen LogP contribution in [0, 0.1) is 0 Å². The average molecular weight is 276 g/mol. The summed E-state index contributed by atoms with van der Waals surface area (Å²) in [6.45, 7) is 5.86. The molecule has 1 aliphatic rings. The predicted molar refractivity (Wildman–Crippen MR) is 83.8 cm³/mol. The van der Waals surface area contributed by atoms with Crippen molar-refractivity contribution in [3.05, 3.63) is 29.8 Å². The Morgan fingerprint density at radius 3 is 2.10 bits per heavy atom. The van der Waals surface area contributed by atoms with E-state index in [0.717, 1.165) is 25.5 Å². The van der Waals surface area contributed by atoms with Gasteiger partial charge in [0.25, 0.3) is 5.91 Å². The summed E-state index contributed by atoms with van der Waals surface area (Å²) in [5.41, 5.74) is 6.80. The first-order valence-corrected chi connectivity index (χ1v) is 6.99. The molecule has 2 N–H and O–H groups in total. The number of nitrogens with two attached hydrogens (primary N) is 1. The first-order valence-electron chi connectivity index (χ1n) is 6.99. The van der Waals surface area contributed by atoms with E-state index in [1.165, 1.54) is 0 Å². The minimum Gasteiger partial charge on any atom is -0.399 e. The molecule has 0 atom stereocenters. The molecule has 110 valence electrons. The van der Waals surface area contributed by atoms with Crippen molar-refractivity contribution < 1.29 is 4.79 Å². The highest BCUT2D eigenvalue weighted by Crippen LogP contribution is 2.10. The Morgan fingerprint density at radius 1 is 1.10 bits per heavy atom. The van der Waals surface area contributed by atoms with Crippen LogP contribution in [-0.2, 0) is 0 Å². The quantitative estimate of drug-likeness (QED) is 0.798. The molecule has 0 spiro atoms. The van der Waals surface area contributed by atoms with Crippen LogP contribution in [0.5, 0.6) is 0 Å². The van der Waals surface area contributed by atoms with E-state index in [1.54, 1.807) is 24.3 Å². The van der Waals surface area contributed by atoms with Crippen LogP contribution < -0.4 is 5.73 Å². The van der Waals surface area contributed by atoms with Gasteiger partial charge in [-0.05, 0) is 30.7 Å². The maximum absolute atomic E-state index is 12.0. The molecular weight excluding hydrogens is 252 g/mol. The molecule has 1 fully saturated rings. The molecule has 0 saturated carbocycles. The lowest BCUT2D eigenvalue weighted by atomic mass is 10.2. The molecule has 1 aromatic carbocycles. The van der Waals surface area contributed by atoms with Gasteiger partial charge in [-0.25, -0.2) is 0 Å². The van der Waals surface area contributed by atoms with Crippen molar-refractivity contribution in [2.75, 3.05) is 32.9 Å². The summed E-state index contributed by atoms with van der Waals surface area (Å²) in [7, 11) is 3.90. The number of nitrogen functional groups attached to an aromatic ring is 1. The largest absolute Gasteiger partial charge is 0.399 e. The molecule has 5 heteroatoms. The van der Waals surface area contributed by atoms with Gasteiger partial charge in [-0.3, -0.25) is 4.79 Å². The topological polar surface area (TPSA) is 61.9 Å². The summed E-state index contributed by atoms with van der Waals surface area (Å²) in [5, 5.41) is 0. The molecule has 0 aliphatic carbocycles. The summed E-state index contributed by atoms with van der Waals surface area (Å²) in [5.74, 6) is 0.494. The van der Waals surface area contributed by atoms with E-state index in [4.69, 9.17) is 5.73 Å². The number of carbonyl (C=O) groups is 1. The van der Waals surface area contributed by atoms with E-state index in [-0.39, 0.29) is 5.91 Å². The Morgan fingerprint density at radius 2 is 1.60 bits per heavy atom. The van der Waals surface area contributed by atoms with E-state index in [2.05, 4.69) is 4.99 Å². The second kappa shape index (κ2) is 7.53. The van der Waals surface area contributed by atoms with Crippen molar-refractivity contribution in [3.8, 4) is 0 Å². The normalized spacial score (nSPS) is 14.5. The van der Waals surface area contributed by atoms with Crippen LogP contribution in [0.15, 0.2) is 29.3 Å². The highest BCUT2D eigenvalue weighted by molar-refractivity contribution is 6.02.